The highest BCUT2D eigenvalue weighted by Gasteiger charge is 2.57. The topological polar surface area (TPSA) is 66.5 Å². The molecule has 5 heteroatoms. The maximum absolute atomic E-state index is 13.7. The second-order valence-corrected chi connectivity index (χ2v) is 9.40. The SMILES string of the molecule is C=CC(C)(CCC=C(C)C)C1(CCN2C(=O)c3ccccc3C2=O)C(=O)Nc2ccccc21. The second kappa shape index (κ2) is 8.47. The minimum Gasteiger partial charge on any atom is -0.325 e. The molecule has 0 fully saturated rings. The third-order valence-corrected chi connectivity index (χ3v) is 7.25. The van der Waals surface area contributed by atoms with E-state index in [2.05, 4.69) is 38.7 Å². The number of nitrogens with zero attached hydrogens (tertiary/aromatic N) is 1. The summed E-state index contributed by atoms with van der Waals surface area (Å²) < 4.78 is 0. The first-order valence-electron chi connectivity index (χ1n) is 11.4. The van der Waals surface area contributed by atoms with Crippen molar-refractivity contribution in [1.29, 1.82) is 0 Å². The van der Waals surface area contributed by atoms with E-state index in [0.717, 1.165) is 17.7 Å². The Morgan fingerprint density at radius 3 is 2.24 bits per heavy atom. The van der Waals surface area contributed by atoms with E-state index in [1.54, 1.807) is 24.3 Å². The number of allylic oxidation sites excluding steroid dienone is 3. The van der Waals surface area contributed by atoms with Crippen LogP contribution in [0.4, 0.5) is 5.69 Å². The Labute approximate surface area is 195 Å². The van der Waals surface area contributed by atoms with Crippen molar-refractivity contribution < 1.29 is 14.4 Å². The smallest absolute Gasteiger partial charge is 0.261 e. The fourth-order valence-corrected chi connectivity index (χ4v) is 5.29. The van der Waals surface area contributed by atoms with Gasteiger partial charge in [0.1, 0.15) is 0 Å². The number of hydrogen-bond donors (Lipinski definition) is 1. The lowest BCUT2D eigenvalue weighted by Gasteiger charge is -2.44. The van der Waals surface area contributed by atoms with Gasteiger partial charge in [-0.05, 0) is 56.9 Å². The van der Waals surface area contributed by atoms with Crippen molar-refractivity contribution in [3.8, 4) is 0 Å². The molecule has 2 aliphatic heterocycles. The minimum absolute atomic E-state index is 0.111. The summed E-state index contributed by atoms with van der Waals surface area (Å²) in [5.74, 6) is -0.718. The zero-order valence-corrected chi connectivity index (χ0v) is 19.5. The predicted octanol–water partition coefficient (Wildman–Crippen LogP) is 5.50. The van der Waals surface area contributed by atoms with Gasteiger partial charge < -0.3 is 5.32 Å². The number of para-hydroxylation sites is 1. The number of benzene rings is 2. The van der Waals surface area contributed by atoms with Crippen LogP contribution in [0.5, 0.6) is 0 Å². The van der Waals surface area contributed by atoms with Gasteiger partial charge in [0, 0.05) is 17.6 Å². The van der Waals surface area contributed by atoms with E-state index < -0.39 is 10.8 Å². The Morgan fingerprint density at radius 1 is 1.03 bits per heavy atom. The van der Waals surface area contributed by atoms with Crippen molar-refractivity contribution in [2.45, 2.75) is 45.4 Å². The van der Waals surface area contributed by atoms with Crippen molar-refractivity contribution >= 4 is 23.4 Å². The van der Waals surface area contributed by atoms with E-state index in [-0.39, 0.29) is 24.3 Å². The van der Waals surface area contributed by atoms with Crippen molar-refractivity contribution in [2.24, 2.45) is 5.41 Å². The predicted molar refractivity (Wildman–Crippen MR) is 130 cm³/mol. The number of amides is 3. The molecule has 170 valence electrons. The largest absolute Gasteiger partial charge is 0.325 e. The Bertz CT molecular complexity index is 1140. The van der Waals surface area contributed by atoms with Crippen LogP contribution in [-0.4, -0.2) is 29.2 Å². The first-order chi connectivity index (χ1) is 15.7. The summed E-state index contributed by atoms with van der Waals surface area (Å²) in [7, 11) is 0. The van der Waals surface area contributed by atoms with Crippen LogP contribution in [0.3, 0.4) is 0 Å². The van der Waals surface area contributed by atoms with Crippen molar-refractivity contribution in [3.63, 3.8) is 0 Å². The summed E-state index contributed by atoms with van der Waals surface area (Å²) in [6.07, 6.45) is 5.87. The second-order valence-electron chi connectivity index (χ2n) is 9.40. The van der Waals surface area contributed by atoms with E-state index in [0.29, 0.717) is 24.0 Å². The number of carbonyl (C=O) groups excluding carboxylic acids is 3. The zero-order valence-electron chi connectivity index (χ0n) is 19.5. The molecule has 0 aromatic heterocycles. The molecule has 0 saturated heterocycles. The summed E-state index contributed by atoms with van der Waals surface area (Å²) >= 11 is 0. The number of carbonyl (C=O) groups is 3. The fourth-order valence-electron chi connectivity index (χ4n) is 5.29. The van der Waals surface area contributed by atoms with Crippen LogP contribution in [0.1, 0.15) is 66.3 Å². The van der Waals surface area contributed by atoms with E-state index in [1.165, 1.54) is 10.5 Å². The third-order valence-electron chi connectivity index (χ3n) is 7.25. The Balaban J connectivity index is 1.73. The number of imide groups is 1. The molecule has 0 aliphatic carbocycles. The van der Waals surface area contributed by atoms with Crippen molar-refractivity contribution in [3.05, 3.63) is 89.5 Å². The molecule has 2 aromatic carbocycles. The Kier molecular flexibility index (Phi) is 5.83. The fraction of sp³-hybridized carbons (Fsp3) is 0.321. The summed E-state index contributed by atoms with van der Waals surface area (Å²) in [6.45, 7) is 10.4. The quantitative estimate of drug-likeness (QED) is 0.433. The molecule has 0 spiro atoms. The average molecular weight is 443 g/mol. The van der Waals surface area contributed by atoms with Crippen molar-refractivity contribution in [1.82, 2.24) is 4.90 Å². The molecule has 2 unspecified atom stereocenters. The van der Waals surface area contributed by atoms with Gasteiger partial charge in [0.15, 0.2) is 0 Å². The normalized spacial score (nSPS) is 20.7. The molecule has 3 amide bonds. The van der Waals surface area contributed by atoms with Gasteiger partial charge in [-0.2, -0.15) is 0 Å². The van der Waals surface area contributed by atoms with Crippen LogP contribution in [0.25, 0.3) is 0 Å². The first-order valence-corrected chi connectivity index (χ1v) is 11.4. The lowest BCUT2D eigenvalue weighted by atomic mass is 9.57. The molecule has 0 saturated carbocycles. The molecular weight excluding hydrogens is 412 g/mol. The highest BCUT2D eigenvalue weighted by Crippen LogP contribution is 2.54. The average Bonchev–Trinajstić information content (AvgIpc) is 3.23. The molecular formula is C28H30N2O3. The number of fused-ring (bicyclic) bond motifs is 2. The van der Waals surface area contributed by atoms with Gasteiger partial charge in [0.05, 0.1) is 16.5 Å². The Hall–Kier alpha value is -3.47. The standard InChI is InChI=1S/C28H30N2O3/c1-5-27(4,16-10-11-19(2)3)28(22-14-8-9-15-23(22)29-26(28)33)17-18-30-24(31)20-12-6-7-13-21(20)25(30)32/h5-9,11-15H,1,10,16-18H2,2-4H3,(H,29,33). The molecule has 2 aliphatic rings. The maximum atomic E-state index is 13.7. The minimum atomic E-state index is -0.948. The van der Waals surface area contributed by atoms with Crippen LogP contribution >= 0.6 is 0 Å². The monoisotopic (exact) mass is 442 g/mol. The first kappa shape index (κ1) is 22.7. The summed E-state index contributed by atoms with van der Waals surface area (Å²) in [6, 6.07) is 14.6. The van der Waals surface area contributed by atoms with Gasteiger partial charge >= 0.3 is 0 Å². The number of nitrogens with one attached hydrogen (secondary N) is 1. The lowest BCUT2D eigenvalue weighted by Crippen LogP contribution is -2.50. The number of anilines is 1. The van der Waals surface area contributed by atoms with Gasteiger partial charge in [-0.3, -0.25) is 19.3 Å². The lowest BCUT2D eigenvalue weighted by molar-refractivity contribution is -0.125. The van der Waals surface area contributed by atoms with Gasteiger partial charge in [-0.15, -0.1) is 6.58 Å². The van der Waals surface area contributed by atoms with Crippen molar-refractivity contribution in [2.75, 3.05) is 11.9 Å². The van der Waals surface area contributed by atoms with E-state index in [1.807, 2.05) is 30.3 Å². The highest BCUT2D eigenvalue weighted by molar-refractivity contribution is 6.21. The molecule has 33 heavy (non-hydrogen) atoms. The molecule has 5 nitrogen and oxygen atoms in total. The Morgan fingerprint density at radius 2 is 1.64 bits per heavy atom. The summed E-state index contributed by atoms with van der Waals surface area (Å²) in [4.78, 5) is 40.9. The van der Waals surface area contributed by atoms with Gasteiger partial charge in [-0.25, -0.2) is 0 Å². The van der Waals surface area contributed by atoms with Gasteiger partial charge in [0.2, 0.25) is 5.91 Å². The zero-order chi connectivity index (χ0) is 23.8. The third kappa shape index (κ3) is 3.52. The van der Waals surface area contributed by atoms with Crippen LogP contribution in [-0.2, 0) is 10.2 Å². The summed E-state index contributed by atoms with van der Waals surface area (Å²) in [5, 5.41) is 3.05. The molecule has 4 rings (SSSR count). The number of hydrogen-bond acceptors (Lipinski definition) is 3. The van der Waals surface area contributed by atoms with Crippen LogP contribution < -0.4 is 5.32 Å². The van der Waals surface area contributed by atoms with E-state index in [4.69, 9.17) is 0 Å². The summed E-state index contributed by atoms with van der Waals surface area (Å²) in [5.41, 5.74) is 2.19. The maximum Gasteiger partial charge on any atom is 0.261 e. The molecule has 0 radical (unpaired) electrons. The molecule has 2 atom stereocenters. The number of rotatable bonds is 8. The molecule has 2 heterocycles. The van der Waals surface area contributed by atoms with Gasteiger partial charge in [0.25, 0.3) is 11.8 Å². The molecule has 0 bridgehead atoms. The van der Waals surface area contributed by atoms with E-state index in [9.17, 15) is 14.4 Å². The highest BCUT2D eigenvalue weighted by atomic mass is 16.2. The van der Waals surface area contributed by atoms with Crippen LogP contribution in [0, 0.1) is 5.41 Å². The van der Waals surface area contributed by atoms with Crippen LogP contribution in [0.2, 0.25) is 0 Å². The van der Waals surface area contributed by atoms with E-state index >= 15 is 0 Å². The molecule has 1 N–H and O–H groups in total. The molecule has 2 aromatic rings. The van der Waals surface area contributed by atoms with Gasteiger partial charge in [-0.1, -0.05) is 55.0 Å². The van der Waals surface area contributed by atoms with Crippen LogP contribution in [0.15, 0.2) is 72.8 Å².